The molecule has 180 valence electrons. The van der Waals surface area contributed by atoms with Crippen LogP contribution in [-0.4, -0.2) is 29.6 Å². The molecular weight excluding hydrogens is 493 g/mol. The Bertz CT molecular complexity index is 1620. The lowest BCUT2D eigenvalue weighted by Crippen LogP contribution is -2.39. The Morgan fingerprint density at radius 2 is 1.91 bits per heavy atom. The van der Waals surface area contributed by atoms with E-state index in [2.05, 4.69) is 15.3 Å². The number of aryl methyl sites for hydroxylation is 2. The van der Waals surface area contributed by atoms with Crippen LogP contribution < -0.4 is 22.3 Å². The quantitative estimate of drug-likeness (QED) is 0.407. The third-order valence-corrected chi connectivity index (χ3v) is 7.00. The molecule has 2 atom stereocenters. The second-order valence-corrected chi connectivity index (χ2v) is 9.41. The average molecular weight is 514 g/mol. The Morgan fingerprint density at radius 3 is 2.60 bits per heavy atom. The first-order valence-corrected chi connectivity index (χ1v) is 11.5. The third kappa shape index (κ3) is 4.08. The molecule has 3 heterocycles. The summed E-state index contributed by atoms with van der Waals surface area (Å²) in [4.78, 5) is 46.6. The van der Waals surface area contributed by atoms with Crippen molar-refractivity contribution in [2.45, 2.75) is 18.9 Å². The summed E-state index contributed by atoms with van der Waals surface area (Å²) in [6.45, 7) is 0.0302. The second-order valence-electron chi connectivity index (χ2n) is 8.59. The van der Waals surface area contributed by atoms with E-state index in [1.165, 1.54) is 4.57 Å². The molecule has 1 fully saturated rings. The van der Waals surface area contributed by atoms with Gasteiger partial charge in [0.2, 0.25) is 11.9 Å². The van der Waals surface area contributed by atoms with Crippen molar-refractivity contribution >= 4 is 51.9 Å². The van der Waals surface area contributed by atoms with Gasteiger partial charge < -0.3 is 15.6 Å². The van der Waals surface area contributed by atoms with Crippen LogP contribution in [0, 0.1) is 5.92 Å². The molecule has 4 aromatic rings. The lowest BCUT2D eigenvalue weighted by molar-refractivity contribution is -0.119. The van der Waals surface area contributed by atoms with Gasteiger partial charge in [-0.2, -0.15) is 4.98 Å². The highest BCUT2D eigenvalue weighted by atomic mass is 35.5. The molecule has 0 bridgehead atoms. The van der Waals surface area contributed by atoms with E-state index in [0.29, 0.717) is 33.7 Å². The lowest BCUT2D eigenvalue weighted by atomic mass is 10.2. The highest BCUT2D eigenvalue weighted by Gasteiger charge is 2.43. The standard InChI is InChI=1S/C23H21Cl2N7O3/c1-30-18-20(29-22(30)28-12-5-6-27-17(8-12)13-9-14(13)19(26)33)31(2)23(35)32(21(18)34)10-11-3-4-15(24)16(25)7-11/h3-8,13-14H,9-10H2,1-2H3,(H2,26,33)(H,27,28,29)/t13-,14-/m1/s1. The maximum atomic E-state index is 13.3. The van der Waals surface area contributed by atoms with Gasteiger partial charge in [-0.05, 0) is 36.2 Å². The number of carbonyl (C=O) groups excluding carboxylic acids is 1. The number of imidazole rings is 1. The first-order valence-electron chi connectivity index (χ1n) is 10.8. The van der Waals surface area contributed by atoms with Crippen LogP contribution in [0.2, 0.25) is 10.0 Å². The van der Waals surface area contributed by atoms with Gasteiger partial charge in [0, 0.05) is 43.5 Å². The van der Waals surface area contributed by atoms with Gasteiger partial charge in [-0.15, -0.1) is 0 Å². The lowest BCUT2D eigenvalue weighted by Gasteiger charge is -2.10. The van der Waals surface area contributed by atoms with Crippen molar-refractivity contribution in [2.75, 3.05) is 5.32 Å². The number of nitrogens with zero attached hydrogens (tertiary/aromatic N) is 5. The molecule has 1 aliphatic carbocycles. The van der Waals surface area contributed by atoms with Crippen molar-refractivity contribution in [3.05, 3.63) is 78.7 Å². The van der Waals surface area contributed by atoms with Crippen molar-refractivity contribution < 1.29 is 4.79 Å². The molecule has 10 nitrogen and oxygen atoms in total. The van der Waals surface area contributed by atoms with E-state index in [0.717, 1.165) is 10.3 Å². The second kappa shape index (κ2) is 8.54. The normalized spacial score (nSPS) is 17.0. The van der Waals surface area contributed by atoms with Gasteiger partial charge in [0.1, 0.15) is 0 Å². The molecule has 0 aliphatic heterocycles. The van der Waals surface area contributed by atoms with Crippen molar-refractivity contribution in [1.29, 1.82) is 0 Å². The summed E-state index contributed by atoms with van der Waals surface area (Å²) < 4.78 is 4.07. The highest BCUT2D eigenvalue weighted by Crippen LogP contribution is 2.46. The molecule has 3 N–H and O–H groups in total. The van der Waals surface area contributed by atoms with Crippen molar-refractivity contribution in [3.63, 3.8) is 0 Å². The molecule has 35 heavy (non-hydrogen) atoms. The smallest absolute Gasteiger partial charge is 0.332 e. The predicted octanol–water partition coefficient (Wildman–Crippen LogP) is 2.52. The highest BCUT2D eigenvalue weighted by molar-refractivity contribution is 6.42. The van der Waals surface area contributed by atoms with Crippen LogP contribution >= 0.6 is 23.2 Å². The fraction of sp³-hybridized carbons (Fsp3) is 0.261. The number of anilines is 2. The van der Waals surface area contributed by atoms with E-state index in [4.69, 9.17) is 28.9 Å². The number of nitrogens with two attached hydrogens (primary N) is 1. The van der Waals surface area contributed by atoms with Crippen LogP contribution in [0.3, 0.4) is 0 Å². The van der Waals surface area contributed by atoms with Gasteiger partial charge in [-0.1, -0.05) is 29.3 Å². The fourth-order valence-corrected chi connectivity index (χ4v) is 4.53. The van der Waals surface area contributed by atoms with E-state index >= 15 is 0 Å². The van der Waals surface area contributed by atoms with E-state index in [9.17, 15) is 14.4 Å². The number of primary amides is 1. The molecule has 0 unspecified atom stereocenters. The molecule has 1 amide bonds. The predicted molar refractivity (Wildman–Crippen MR) is 133 cm³/mol. The van der Waals surface area contributed by atoms with Crippen LogP contribution in [0.15, 0.2) is 46.1 Å². The number of benzene rings is 1. The summed E-state index contributed by atoms with van der Waals surface area (Å²) in [5.74, 6) is -0.150. The molecule has 12 heteroatoms. The monoisotopic (exact) mass is 513 g/mol. The van der Waals surface area contributed by atoms with E-state index in [1.54, 1.807) is 49.1 Å². The number of amides is 1. The largest absolute Gasteiger partial charge is 0.369 e. The zero-order valence-electron chi connectivity index (χ0n) is 18.8. The van der Waals surface area contributed by atoms with Crippen LogP contribution in [0.4, 0.5) is 11.6 Å². The number of hydrogen-bond donors (Lipinski definition) is 2. The number of carbonyl (C=O) groups is 1. The van der Waals surface area contributed by atoms with Gasteiger partial charge >= 0.3 is 5.69 Å². The maximum absolute atomic E-state index is 13.3. The van der Waals surface area contributed by atoms with Crippen LogP contribution in [0.5, 0.6) is 0 Å². The maximum Gasteiger partial charge on any atom is 0.332 e. The molecule has 5 rings (SSSR count). The minimum atomic E-state index is -0.504. The molecule has 1 aliphatic rings. The Morgan fingerprint density at radius 1 is 1.14 bits per heavy atom. The summed E-state index contributed by atoms with van der Waals surface area (Å²) in [5.41, 5.74) is 7.04. The van der Waals surface area contributed by atoms with Gasteiger partial charge in [0.15, 0.2) is 11.2 Å². The molecule has 0 spiro atoms. The number of aromatic nitrogens is 5. The van der Waals surface area contributed by atoms with Gasteiger partial charge in [-0.3, -0.25) is 23.7 Å². The van der Waals surface area contributed by atoms with Crippen molar-refractivity contribution in [2.24, 2.45) is 25.7 Å². The summed E-state index contributed by atoms with van der Waals surface area (Å²) in [7, 11) is 3.26. The number of nitrogens with one attached hydrogen (secondary N) is 1. The summed E-state index contributed by atoms with van der Waals surface area (Å²) in [6, 6.07) is 8.54. The number of pyridine rings is 1. The zero-order chi connectivity index (χ0) is 25.0. The van der Waals surface area contributed by atoms with Crippen LogP contribution in [-0.2, 0) is 25.4 Å². The third-order valence-electron chi connectivity index (χ3n) is 6.26. The van der Waals surface area contributed by atoms with E-state index in [1.807, 2.05) is 6.07 Å². The summed E-state index contributed by atoms with van der Waals surface area (Å²) >= 11 is 12.1. The van der Waals surface area contributed by atoms with Gasteiger partial charge in [0.25, 0.3) is 5.56 Å². The van der Waals surface area contributed by atoms with Crippen molar-refractivity contribution in [1.82, 2.24) is 23.7 Å². The molecule has 0 radical (unpaired) electrons. The van der Waals surface area contributed by atoms with Crippen LogP contribution in [0.1, 0.15) is 23.6 Å². The summed E-state index contributed by atoms with van der Waals surface area (Å²) in [5, 5.41) is 3.91. The number of fused-ring (bicyclic) bond motifs is 1. The van der Waals surface area contributed by atoms with E-state index in [-0.39, 0.29) is 35.5 Å². The first-order chi connectivity index (χ1) is 16.7. The number of rotatable bonds is 6. The number of hydrogen-bond acceptors (Lipinski definition) is 6. The summed E-state index contributed by atoms with van der Waals surface area (Å²) in [6.07, 6.45) is 2.31. The molecule has 0 saturated heterocycles. The topological polar surface area (TPSA) is 130 Å². The Kier molecular flexibility index (Phi) is 5.65. The molecular formula is C23H21Cl2N7O3. The zero-order valence-corrected chi connectivity index (χ0v) is 20.3. The van der Waals surface area contributed by atoms with Crippen molar-refractivity contribution in [3.8, 4) is 0 Å². The number of halogens is 2. The fourth-order valence-electron chi connectivity index (χ4n) is 4.21. The molecule has 3 aromatic heterocycles. The Balaban J connectivity index is 1.52. The van der Waals surface area contributed by atoms with Gasteiger partial charge in [-0.25, -0.2) is 4.79 Å². The van der Waals surface area contributed by atoms with Crippen LogP contribution in [0.25, 0.3) is 11.2 Å². The SMILES string of the molecule is Cn1c(Nc2ccnc([C@@H]3C[C@H]3C(N)=O)c2)nc2c1c(=O)n(Cc1ccc(Cl)c(Cl)c1)c(=O)n2C. The minimum absolute atomic E-state index is 0.00379. The Hall–Kier alpha value is -3.63. The average Bonchev–Trinajstić information content (AvgIpc) is 3.57. The Labute approximate surface area is 208 Å². The van der Waals surface area contributed by atoms with Gasteiger partial charge in [0.05, 0.1) is 16.6 Å². The first kappa shape index (κ1) is 23.1. The minimum Gasteiger partial charge on any atom is -0.369 e. The molecule has 1 aromatic carbocycles. The molecule has 1 saturated carbocycles. The van der Waals surface area contributed by atoms with E-state index < -0.39 is 11.2 Å².